The van der Waals surface area contributed by atoms with Crippen LogP contribution in [0.2, 0.25) is 6.04 Å². The first-order valence-corrected chi connectivity index (χ1v) is 7.82. The Morgan fingerprint density at radius 1 is 1.00 bits per heavy atom. The van der Waals surface area contributed by atoms with Gasteiger partial charge in [-0.15, -0.1) is 0 Å². The van der Waals surface area contributed by atoms with Crippen LogP contribution in [0.3, 0.4) is 0 Å². The Bertz CT molecular complexity index is 199. The Balaban J connectivity index is 4.37. The molecular weight excluding hydrogens is 236 g/mol. The SMILES string of the molecule is CO[Si](CC(C)CN(C)C)(OC)OCN(C)C. The van der Waals surface area contributed by atoms with Crippen LogP contribution in [0.5, 0.6) is 0 Å². The van der Waals surface area contributed by atoms with Crippen LogP contribution in [0.1, 0.15) is 6.92 Å². The van der Waals surface area contributed by atoms with Crippen LogP contribution in [-0.2, 0) is 13.3 Å². The summed E-state index contributed by atoms with van der Waals surface area (Å²) in [7, 11) is 8.92. The molecule has 0 rings (SSSR count). The van der Waals surface area contributed by atoms with Crippen molar-refractivity contribution in [2.45, 2.75) is 13.0 Å². The second kappa shape index (κ2) is 8.18. The van der Waals surface area contributed by atoms with Crippen molar-refractivity contribution in [3.05, 3.63) is 0 Å². The summed E-state index contributed by atoms with van der Waals surface area (Å²) in [5.74, 6) is 0.485. The molecule has 0 aromatic heterocycles. The van der Waals surface area contributed by atoms with Crippen LogP contribution in [-0.4, -0.2) is 74.3 Å². The maximum Gasteiger partial charge on any atom is 0.501 e. The Hall–Kier alpha value is 0.0169. The van der Waals surface area contributed by atoms with E-state index in [2.05, 4.69) is 25.9 Å². The minimum Gasteiger partial charge on any atom is -0.377 e. The molecular formula is C11H28N2O3Si. The molecule has 5 nitrogen and oxygen atoms in total. The van der Waals surface area contributed by atoms with Gasteiger partial charge in [-0.1, -0.05) is 6.92 Å². The zero-order valence-corrected chi connectivity index (χ0v) is 13.3. The molecule has 0 bridgehead atoms. The Labute approximate surface area is 107 Å². The number of rotatable bonds is 9. The van der Waals surface area contributed by atoms with Gasteiger partial charge in [0.1, 0.15) is 0 Å². The molecule has 6 heteroatoms. The Kier molecular flexibility index (Phi) is 8.19. The highest BCUT2D eigenvalue weighted by Gasteiger charge is 2.40. The van der Waals surface area contributed by atoms with Crippen LogP contribution < -0.4 is 0 Å². The lowest BCUT2D eigenvalue weighted by molar-refractivity contribution is 0.0527. The van der Waals surface area contributed by atoms with Gasteiger partial charge in [-0.2, -0.15) is 0 Å². The van der Waals surface area contributed by atoms with Gasteiger partial charge >= 0.3 is 8.80 Å². The number of nitrogens with zero attached hydrogens (tertiary/aromatic N) is 2. The van der Waals surface area contributed by atoms with Gasteiger partial charge in [0.2, 0.25) is 0 Å². The van der Waals surface area contributed by atoms with Gasteiger partial charge in [-0.05, 0) is 34.1 Å². The molecule has 0 aliphatic carbocycles. The molecule has 17 heavy (non-hydrogen) atoms. The first-order chi connectivity index (χ1) is 7.85. The molecule has 0 fully saturated rings. The highest BCUT2D eigenvalue weighted by Crippen LogP contribution is 2.20. The van der Waals surface area contributed by atoms with E-state index in [0.29, 0.717) is 12.6 Å². The summed E-state index contributed by atoms with van der Waals surface area (Å²) in [4.78, 5) is 4.14. The van der Waals surface area contributed by atoms with Crippen LogP contribution in [0.4, 0.5) is 0 Å². The minimum absolute atomic E-state index is 0.485. The fourth-order valence-corrected chi connectivity index (χ4v) is 4.06. The standard InChI is InChI=1S/C11H28N2O3Si/c1-11(8-12(2)3)9-17(14-6,15-7)16-10-13(4)5/h11H,8-10H2,1-7H3. The van der Waals surface area contributed by atoms with Gasteiger partial charge in [0.15, 0.2) is 0 Å². The van der Waals surface area contributed by atoms with E-state index in [-0.39, 0.29) is 0 Å². The van der Waals surface area contributed by atoms with Crippen molar-refractivity contribution in [3.8, 4) is 0 Å². The van der Waals surface area contributed by atoms with Crippen LogP contribution >= 0.6 is 0 Å². The van der Waals surface area contributed by atoms with Crippen molar-refractivity contribution in [2.24, 2.45) is 5.92 Å². The first-order valence-electron chi connectivity index (χ1n) is 5.89. The largest absolute Gasteiger partial charge is 0.501 e. The summed E-state index contributed by atoms with van der Waals surface area (Å²) in [5.41, 5.74) is 0. The highest BCUT2D eigenvalue weighted by molar-refractivity contribution is 6.60. The molecule has 0 aromatic carbocycles. The van der Waals surface area contributed by atoms with Crippen molar-refractivity contribution < 1.29 is 13.3 Å². The molecule has 0 amide bonds. The summed E-state index contributed by atoms with van der Waals surface area (Å²) >= 11 is 0. The molecule has 0 spiro atoms. The Morgan fingerprint density at radius 2 is 1.53 bits per heavy atom. The molecule has 0 radical (unpaired) electrons. The first kappa shape index (κ1) is 17.0. The lowest BCUT2D eigenvalue weighted by atomic mass is 10.2. The van der Waals surface area contributed by atoms with Crippen molar-refractivity contribution in [1.29, 1.82) is 0 Å². The third kappa shape index (κ3) is 7.12. The van der Waals surface area contributed by atoms with Crippen LogP contribution in [0.15, 0.2) is 0 Å². The quantitative estimate of drug-likeness (QED) is 0.457. The molecule has 1 unspecified atom stereocenters. The third-order valence-corrected chi connectivity index (χ3v) is 5.45. The smallest absolute Gasteiger partial charge is 0.377 e. The molecule has 0 aliphatic heterocycles. The predicted octanol–water partition coefficient (Wildman–Crippen LogP) is 0.952. The number of hydrogen-bond acceptors (Lipinski definition) is 5. The van der Waals surface area contributed by atoms with E-state index in [4.69, 9.17) is 13.3 Å². The van der Waals surface area contributed by atoms with Crippen molar-refractivity contribution in [2.75, 3.05) is 55.7 Å². The minimum atomic E-state index is -2.50. The second-order valence-corrected chi connectivity index (χ2v) is 7.90. The summed E-state index contributed by atoms with van der Waals surface area (Å²) < 4.78 is 16.9. The van der Waals surface area contributed by atoms with E-state index >= 15 is 0 Å². The van der Waals surface area contributed by atoms with Gasteiger partial charge in [0, 0.05) is 26.8 Å². The van der Waals surface area contributed by atoms with Gasteiger partial charge in [-0.3, -0.25) is 4.90 Å². The molecule has 1 atom stereocenters. The summed E-state index contributed by atoms with van der Waals surface area (Å²) in [5, 5.41) is 0. The predicted molar refractivity (Wildman–Crippen MR) is 71.9 cm³/mol. The van der Waals surface area contributed by atoms with Crippen molar-refractivity contribution in [3.63, 3.8) is 0 Å². The maximum absolute atomic E-state index is 5.84. The second-order valence-electron chi connectivity index (χ2n) is 5.02. The lowest BCUT2D eigenvalue weighted by Crippen LogP contribution is -2.47. The maximum atomic E-state index is 5.84. The average Bonchev–Trinajstić information content (AvgIpc) is 2.23. The van der Waals surface area contributed by atoms with Gasteiger partial charge in [-0.25, -0.2) is 0 Å². The van der Waals surface area contributed by atoms with E-state index in [1.54, 1.807) is 14.2 Å². The molecule has 0 saturated carbocycles. The van der Waals surface area contributed by atoms with Crippen LogP contribution in [0, 0.1) is 5.92 Å². The van der Waals surface area contributed by atoms with Crippen LogP contribution in [0.25, 0.3) is 0 Å². The normalized spacial score (nSPS) is 14.6. The van der Waals surface area contributed by atoms with Gasteiger partial charge in [0.05, 0.1) is 6.73 Å². The molecule has 0 N–H and O–H groups in total. The fourth-order valence-electron chi connectivity index (χ4n) is 1.77. The van der Waals surface area contributed by atoms with Gasteiger partial charge < -0.3 is 18.2 Å². The highest BCUT2D eigenvalue weighted by atomic mass is 28.4. The molecule has 0 aliphatic rings. The van der Waals surface area contributed by atoms with Crippen molar-refractivity contribution >= 4 is 8.80 Å². The number of hydrogen-bond donors (Lipinski definition) is 0. The van der Waals surface area contributed by atoms with Crippen molar-refractivity contribution in [1.82, 2.24) is 9.80 Å². The zero-order chi connectivity index (χ0) is 13.5. The van der Waals surface area contributed by atoms with E-state index in [9.17, 15) is 0 Å². The molecule has 0 heterocycles. The van der Waals surface area contributed by atoms with E-state index in [0.717, 1.165) is 12.6 Å². The zero-order valence-electron chi connectivity index (χ0n) is 12.3. The third-order valence-electron chi connectivity index (χ3n) is 2.44. The topological polar surface area (TPSA) is 34.2 Å². The molecule has 0 saturated heterocycles. The Morgan fingerprint density at radius 3 is 1.88 bits per heavy atom. The van der Waals surface area contributed by atoms with E-state index in [1.165, 1.54) is 0 Å². The molecule has 0 aromatic rings. The lowest BCUT2D eigenvalue weighted by Gasteiger charge is -2.30. The molecule has 104 valence electrons. The van der Waals surface area contributed by atoms with E-state index < -0.39 is 8.80 Å². The van der Waals surface area contributed by atoms with E-state index in [1.807, 2.05) is 19.0 Å². The summed E-state index contributed by atoms with van der Waals surface area (Å²) in [6, 6.07) is 0.839. The monoisotopic (exact) mass is 264 g/mol. The van der Waals surface area contributed by atoms with Gasteiger partial charge in [0.25, 0.3) is 0 Å². The average molecular weight is 264 g/mol. The fraction of sp³-hybridized carbons (Fsp3) is 1.00. The summed E-state index contributed by atoms with van der Waals surface area (Å²) in [6.45, 7) is 3.73. The summed E-state index contributed by atoms with van der Waals surface area (Å²) in [6.07, 6.45) is 0.